The van der Waals surface area contributed by atoms with Gasteiger partial charge in [-0.1, -0.05) is 0 Å². The molecule has 3 aromatic heterocycles. The van der Waals surface area contributed by atoms with Crippen molar-refractivity contribution in [3.63, 3.8) is 0 Å². The second-order valence-electron chi connectivity index (χ2n) is 6.17. The molecule has 0 bridgehead atoms. The largest absolute Gasteiger partial charge is 0.392 e. The number of hydrogen-bond donors (Lipinski definition) is 3. The molecule has 0 amide bonds. The fourth-order valence-corrected chi connectivity index (χ4v) is 3.12. The number of pyridine rings is 2. The van der Waals surface area contributed by atoms with Crippen LogP contribution in [0.15, 0.2) is 30.5 Å². The molecular weight excluding hydrogens is 304 g/mol. The standard InChI is InChI=1S/C17H20N6O/c18-12-3-6-23(7-4-12)15-9-11(10-24)8-14(20-15)16-13-2-1-5-19-17(13)22-21-16/h1-2,5,8-9,12,24H,3-4,6-7,10,18H2,(H,19,21,22). The number of H-pyrrole nitrogens is 1. The Hall–Kier alpha value is -2.51. The molecule has 24 heavy (non-hydrogen) atoms. The number of aromatic nitrogens is 4. The van der Waals surface area contributed by atoms with Crippen molar-refractivity contribution in [2.45, 2.75) is 25.5 Å². The molecule has 0 atom stereocenters. The summed E-state index contributed by atoms with van der Waals surface area (Å²) >= 11 is 0. The molecule has 0 saturated carbocycles. The molecule has 0 radical (unpaired) electrons. The number of rotatable bonds is 3. The molecule has 0 aromatic carbocycles. The number of aliphatic hydroxyl groups is 1. The van der Waals surface area contributed by atoms with E-state index in [1.165, 1.54) is 0 Å². The molecule has 1 saturated heterocycles. The van der Waals surface area contributed by atoms with E-state index >= 15 is 0 Å². The van der Waals surface area contributed by atoms with E-state index in [0.717, 1.165) is 59.7 Å². The summed E-state index contributed by atoms with van der Waals surface area (Å²) in [6.45, 7) is 1.73. The Labute approximate surface area is 139 Å². The molecule has 7 heteroatoms. The SMILES string of the molecule is NC1CCN(c2cc(CO)cc(-c3n[nH]c4ncccc34)n2)CC1. The molecule has 0 aliphatic carbocycles. The summed E-state index contributed by atoms with van der Waals surface area (Å²) in [6, 6.07) is 7.93. The normalized spacial score (nSPS) is 16.0. The van der Waals surface area contributed by atoms with Crippen molar-refractivity contribution < 1.29 is 5.11 Å². The molecule has 4 rings (SSSR count). The molecule has 124 valence electrons. The lowest BCUT2D eigenvalue weighted by Gasteiger charge is -2.31. The highest BCUT2D eigenvalue weighted by Gasteiger charge is 2.19. The number of fused-ring (bicyclic) bond motifs is 1. The van der Waals surface area contributed by atoms with Crippen molar-refractivity contribution in [1.82, 2.24) is 20.2 Å². The fraction of sp³-hybridized carbons (Fsp3) is 0.353. The van der Waals surface area contributed by atoms with Gasteiger partial charge in [0.25, 0.3) is 0 Å². The minimum Gasteiger partial charge on any atom is -0.392 e. The number of aliphatic hydroxyl groups excluding tert-OH is 1. The van der Waals surface area contributed by atoms with E-state index in [2.05, 4.69) is 20.1 Å². The van der Waals surface area contributed by atoms with Gasteiger partial charge in [0.15, 0.2) is 5.65 Å². The van der Waals surface area contributed by atoms with Crippen molar-refractivity contribution in [2.75, 3.05) is 18.0 Å². The summed E-state index contributed by atoms with van der Waals surface area (Å²) in [5, 5.41) is 17.9. The zero-order valence-electron chi connectivity index (χ0n) is 13.3. The van der Waals surface area contributed by atoms with Crippen LogP contribution in [-0.4, -0.2) is 44.4 Å². The van der Waals surface area contributed by atoms with Gasteiger partial charge >= 0.3 is 0 Å². The van der Waals surface area contributed by atoms with Gasteiger partial charge in [0.1, 0.15) is 11.5 Å². The van der Waals surface area contributed by atoms with E-state index in [4.69, 9.17) is 10.7 Å². The Morgan fingerprint density at radius 2 is 2.12 bits per heavy atom. The molecule has 4 heterocycles. The average molecular weight is 324 g/mol. The number of nitrogens with two attached hydrogens (primary N) is 1. The van der Waals surface area contributed by atoms with Crippen LogP contribution >= 0.6 is 0 Å². The van der Waals surface area contributed by atoms with E-state index in [-0.39, 0.29) is 12.6 Å². The van der Waals surface area contributed by atoms with E-state index in [0.29, 0.717) is 0 Å². The number of aromatic amines is 1. The highest BCUT2D eigenvalue weighted by molar-refractivity contribution is 5.89. The van der Waals surface area contributed by atoms with Crippen LogP contribution in [0, 0.1) is 0 Å². The number of hydrogen-bond acceptors (Lipinski definition) is 6. The monoisotopic (exact) mass is 324 g/mol. The smallest absolute Gasteiger partial charge is 0.155 e. The van der Waals surface area contributed by atoms with Gasteiger partial charge in [-0.25, -0.2) is 9.97 Å². The lowest BCUT2D eigenvalue weighted by atomic mass is 10.1. The van der Waals surface area contributed by atoms with Crippen LogP contribution in [0.25, 0.3) is 22.4 Å². The predicted octanol–water partition coefficient (Wildman–Crippen LogP) is 1.44. The van der Waals surface area contributed by atoms with E-state index in [9.17, 15) is 5.11 Å². The zero-order valence-corrected chi connectivity index (χ0v) is 13.3. The molecular formula is C17H20N6O. The van der Waals surface area contributed by atoms with Crippen molar-refractivity contribution in [2.24, 2.45) is 5.73 Å². The third-order valence-corrected chi connectivity index (χ3v) is 4.50. The van der Waals surface area contributed by atoms with Gasteiger partial charge in [-0.2, -0.15) is 5.10 Å². The van der Waals surface area contributed by atoms with Crippen LogP contribution in [0.2, 0.25) is 0 Å². The molecule has 3 aromatic rings. The molecule has 0 spiro atoms. The second-order valence-corrected chi connectivity index (χ2v) is 6.17. The van der Waals surface area contributed by atoms with E-state index in [1.807, 2.05) is 24.3 Å². The first-order chi connectivity index (χ1) is 11.7. The highest BCUT2D eigenvalue weighted by Crippen LogP contribution is 2.28. The fourth-order valence-electron chi connectivity index (χ4n) is 3.12. The first-order valence-electron chi connectivity index (χ1n) is 8.16. The maximum Gasteiger partial charge on any atom is 0.155 e. The third-order valence-electron chi connectivity index (χ3n) is 4.50. The maximum absolute atomic E-state index is 9.63. The molecule has 7 nitrogen and oxygen atoms in total. The molecule has 1 aliphatic heterocycles. The third kappa shape index (κ3) is 2.72. The maximum atomic E-state index is 9.63. The minimum absolute atomic E-state index is 0.0313. The topological polar surface area (TPSA) is 104 Å². The molecule has 0 unspecified atom stereocenters. The van der Waals surface area contributed by atoms with Crippen LogP contribution in [0.5, 0.6) is 0 Å². The van der Waals surface area contributed by atoms with Crippen molar-refractivity contribution in [1.29, 1.82) is 0 Å². The summed E-state index contributed by atoms with van der Waals surface area (Å²) in [5.74, 6) is 0.864. The Kier molecular flexibility index (Phi) is 3.87. The number of nitrogens with one attached hydrogen (secondary N) is 1. The van der Waals surface area contributed by atoms with E-state index in [1.54, 1.807) is 6.20 Å². The van der Waals surface area contributed by atoms with Crippen LogP contribution in [-0.2, 0) is 6.61 Å². The second kappa shape index (κ2) is 6.18. The number of anilines is 1. The summed E-state index contributed by atoms with van der Waals surface area (Å²) in [6.07, 6.45) is 3.63. The molecule has 1 fully saturated rings. The Morgan fingerprint density at radius 1 is 1.29 bits per heavy atom. The van der Waals surface area contributed by atoms with Crippen LogP contribution in [0.4, 0.5) is 5.82 Å². The van der Waals surface area contributed by atoms with Crippen LogP contribution < -0.4 is 10.6 Å². The van der Waals surface area contributed by atoms with Gasteiger partial charge in [-0.05, 0) is 42.7 Å². The summed E-state index contributed by atoms with van der Waals surface area (Å²) in [4.78, 5) is 11.3. The Morgan fingerprint density at radius 3 is 2.92 bits per heavy atom. The Balaban J connectivity index is 1.77. The van der Waals surface area contributed by atoms with Crippen LogP contribution in [0.3, 0.4) is 0 Å². The lowest BCUT2D eigenvalue weighted by Crippen LogP contribution is -2.40. The van der Waals surface area contributed by atoms with Gasteiger partial charge in [0, 0.05) is 30.7 Å². The van der Waals surface area contributed by atoms with E-state index < -0.39 is 0 Å². The number of piperidine rings is 1. The Bertz CT molecular complexity index is 853. The predicted molar refractivity (Wildman–Crippen MR) is 92.5 cm³/mol. The minimum atomic E-state index is -0.0313. The average Bonchev–Trinajstić information content (AvgIpc) is 3.06. The van der Waals surface area contributed by atoms with Gasteiger partial charge in [-0.15, -0.1) is 0 Å². The highest BCUT2D eigenvalue weighted by atomic mass is 16.3. The van der Waals surface area contributed by atoms with Crippen LogP contribution in [0.1, 0.15) is 18.4 Å². The van der Waals surface area contributed by atoms with Crippen molar-refractivity contribution in [3.8, 4) is 11.4 Å². The molecule has 1 aliphatic rings. The van der Waals surface area contributed by atoms with Crippen molar-refractivity contribution >= 4 is 16.9 Å². The first kappa shape index (κ1) is 15.0. The van der Waals surface area contributed by atoms with Gasteiger partial charge < -0.3 is 15.7 Å². The summed E-state index contributed by atoms with van der Waals surface area (Å²) in [7, 11) is 0. The van der Waals surface area contributed by atoms with Gasteiger partial charge in [0.05, 0.1) is 12.3 Å². The lowest BCUT2D eigenvalue weighted by molar-refractivity contribution is 0.282. The zero-order chi connectivity index (χ0) is 16.5. The summed E-state index contributed by atoms with van der Waals surface area (Å²) in [5.41, 5.74) is 9.04. The van der Waals surface area contributed by atoms with Crippen molar-refractivity contribution in [3.05, 3.63) is 36.0 Å². The quantitative estimate of drug-likeness (QED) is 0.673. The first-order valence-corrected chi connectivity index (χ1v) is 8.16. The number of nitrogens with zero attached hydrogens (tertiary/aromatic N) is 4. The van der Waals surface area contributed by atoms with Gasteiger partial charge in [0.2, 0.25) is 0 Å². The summed E-state index contributed by atoms with van der Waals surface area (Å²) < 4.78 is 0. The molecule has 4 N–H and O–H groups in total. The van der Waals surface area contributed by atoms with Gasteiger partial charge in [-0.3, -0.25) is 5.10 Å².